The third-order valence-electron chi connectivity index (χ3n) is 2.47. The molecule has 0 amide bonds. The average molecular weight is 197 g/mol. The standard InChI is InChI=1S/C11H19NS/c1-3-9(8-12)7-11-6-5-10(4-2)13-11/h5-6,9H,3-4,7-8,12H2,1-2H3. The summed E-state index contributed by atoms with van der Waals surface area (Å²) < 4.78 is 0. The van der Waals surface area contributed by atoms with Crippen molar-refractivity contribution in [2.45, 2.75) is 33.1 Å². The summed E-state index contributed by atoms with van der Waals surface area (Å²) in [5.74, 6) is 0.670. The molecule has 2 heteroatoms. The molecule has 0 spiro atoms. The van der Waals surface area contributed by atoms with Gasteiger partial charge in [-0.2, -0.15) is 0 Å². The van der Waals surface area contributed by atoms with Crippen molar-refractivity contribution < 1.29 is 0 Å². The van der Waals surface area contributed by atoms with E-state index in [0.717, 1.165) is 19.4 Å². The molecule has 0 radical (unpaired) electrons. The molecule has 0 aromatic carbocycles. The van der Waals surface area contributed by atoms with Gasteiger partial charge in [0.15, 0.2) is 0 Å². The van der Waals surface area contributed by atoms with Crippen LogP contribution in [0, 0.1) is 5.92 Å². The van der Waals surface area contributed by atoms with E-state index in [1.54, 1.807) is 0 Å². The molecule has 0 bridgehead atoms. The lowest BCUT2D eigenvalue weighted by Crippen LogP contribution is -2.15. The van der Waals surface area contributed by atoms with E-state index < -0.39 is 0 Å². The number of hydrogen-bond donors (Lipinski definition) is 1. The fourth-order valence-corrected chi connectivity index (χ4v) is 2.47. The van der Waals surface area contributed by atoms with Crippen molar-refractivity contribution in [3.63, 3.8) is 0 Å². The van der Waals surface area contributed by atoms with E-state index in [1.807, 2.05) is 11.3 Å². The van der Waals surface area contributed by atoms with Gasteiger partial charge in [0.1, 0.15) is 0 Å². The van der Waals surface area contributed by atoms with Gasteiger partial charge < -0.3 is 5.73 Å². The molecule has 0 saturated carbocycles. The highest BCUT2D eigenvalue weighted by Gasteiger charge is 2.06. The molecular formula is C11H19NS. The first-order valence-electron chi connectivity index (χ1n) is 5.07. The minimum atomic E-state index is 0.670. The van der Waals surface area contributed by atoms with E-state index in [4.69, 9.17) is 5.73 Å². The summed E-state index contributed by atoms with van der Waals surface area (Å²) in [5, 5.41) is 0. The van der Waals surface area contributed by atoms with Gasteiger partial charge in [-0.1, -0.05) is 20.3 Å². The van der Waals surface area contributed by atoms with Crippen LogP contribution >= 0.6 is 11.3 Å². The van der Waals surface area contributed by atoms with Crippen molar-refractivity contribution in [2.24, 2.45) is 11.7 Å². The monoisotopic (exact) mass is 197 g/mol. The Morgan fingerprint density at radius 1 is 1.31 bits per heavy atom. The van der Waals surface area contributed by atoms with Crippen molar-refractivity contribution in [1.29, 1.82) is 0 Å². The fraction of sp³-hybridized carbons (Fsp3) is 0.636. The molecule has 0 aliphatic carbocycles. The van der Waals surface area contributed by atoms with Gasteiger partial charge in [-0.3, -0.25) is 0 Å². The smallest absolute Gasteiger partial charge is 0.00514 e. The third kappa shape index (κ3) is 3.12. The Morgan fingerprint density at radius 2 is 2.00 bits per heavy atom. The molecule has 1 aromatic heterocycles. The summed E-state index contributed by atoms with van der Waals surface area (Å²) in [4.78, 5) is 2.98. The van der Waals surface area contributed by atoms with Crippen molar-refractivity contribution in [2.75, 3.05) is 6.54 Å². The maximum Gasteiger partial charge on any atom is 0.00514 e. The van der Waals surface area contributed by atoms with Crippen LogP contribution in [-0.4, -0.2) is 6.54 Å². The molecule has 0 aliphatic rings. The molecule has 2 N–H and O–H groups in total. The number of nitrogens with two attached hydrogens (primary N) is 1. The van der Waals surface area contributed by atoms with Crippen molar-refractivity contribution in [1.82, 2.24) is 0 Å². The Balaban J connectivity index is 2.52. The lowest BCUT2D eigenvalue weighted by atomic mass is 10.0. The molecule has 0 aliphatic heterocycles. The highest BCUT2D eigenvalue weighted by molar-refractivity contribution is 7.11. The second kappa shape index (κ2) is 5.40. The first-order valence-corrected chi connectivity index (χ1v) is 5.89. The molecule has 0 fully saturated rings. The summed E-state index contributed by atoms with van der Waals surface area (Å²) in [6.45, 7) is 5.23. The molecule has 74 valence electrons. The average Bonchev–Trinajstić information content (AvgIpc) is 2.61. The van der Waals surface area contributed by atoms with Gasteiger partial charge in [0.25, 0.3) is 0 Å². The van der Waals surface area contributed by atoms with Crippen LogP contribution in [0.2, 0.25) is 0 Å². The number of aryl methyl sites for hydroxylation is 1. The number of rotatable bonds is 5. The molecule has 1 rings (SSSR count). The molecule has 0 saturated heterocycles. The minimum absolute atomic E-state index is 0.670. The van der Waals surface area contributed by atoms with Crippen LogP contribution in [0.25, 0.3) is 0 Å². The first kappa shape index (κ1) is 10.7. The summed E-state index contributed by atoms with van der Waals surface area (Å²) >= 11 is 1.94. The second-order valence-corrected chi connectivity index (χ2v) is 4.69. The van der Waals surface area contributed by atoms with Crippen LogP contribution in [-0.2, 0) is 12.8 Å². The van der Waals surface area contributed by atoms with Crippen LogP contribution in [0.5, 0.6) is 0 Å². The quantitative estimate of drug-likeness (QED) is 0.771. The molecular weight excluding hydrogens is 178 g/mol. The molecule has 1 atom stereocenters. The van der Waals surface area contributed by atoms with Gasteiger partial charge >= 0.3 is 0 Å². The Morgan fingerprint density at radius 3 is 2.46 bits per heavy atom. The Kier molecular flexibility index (Phi) is 4.46. The van der Waals surface area contributed by atoms with Crippen LogP contribution in [0.4, 0.5) is 0 Å². The summed E-state index contributed by atoms with van der Waals surface area (Å²) in [5.41, 5.74) is 5.68. The van der Waals surface area contributed by atoms with E-state index in [1.165, 1.54) is 16.2 Å². The van der Waals surface area contributed by atoms with Gasteiger partial charge in [0, 0.05) is 9.75 Å². The van der Waals surface area contributed by atoms with E-state index in [2.05, 4.69) is 26.0 Å². The van der Waals surface area contributed by atoms with Crippen molar-refractivity contribution in [3.8, 4) is 0 Å². The van der Waals surface area contributed by atoms with Crippen LogP contribution < -0.4 is 5.73 Å². The summed E-state index contributed by atoms with van der Waals surface area (Å²) in [6, 6.07) is 4.49. The van der Waals surface area contributed by atoms with E-state index in [9.17, 15) is 0 Å². The maximum atomic E-state index is 5.68. The second-order valence-electron chi connectivity index (χ2n) is 3.44. The molecule has 1 unspecified atom stereocenters. The molecule has 1 heterocycles. The first-order chi connectivity index (χ1) is 6.30. The zero-order chi connectivity index (χ0) is 9.68. The van der Waals surface area contributed by atoms with Gasteiger partial charge in [-0.05, 0) is 37.4 Å². The zero-order valence-electron chi connectivity index (χ0n) is 8.55. The lowest BCUT2D eigenvalue weighted by Gasteiger charge is -2.09. The normalized spacial score (nSPS) is 13.2. The SMILES string of the molecule is CCc1ccc(CC(CC)CN)s1. The molecule has 1 aromatic rings. The summed E-state index contributed by atoms with van der Waals surface area (Å²) in [7, 11) is 0. The topological polar surface area (TPSA) is 26.0 Å². The Bertz CT molecular complexity index is 238. The van der Waals surface area contributed by atoms with E-state index in [-0.39, 0.29) is 0 Å². The Hall–Kier alpha value is -0.340. The summed E-state index contributed by atoms with van der Waals surface area (Å²) in [6.07, 6.45) is 3.51. The van der Waals surface area contributed by atoms with Crippen molar-refractivity contribution in [3.05, 3.63) is 21.9 Å². The number of thiophene rings is 1. The molecule has 1 nitrogen and oxygen atoms in total. The van der Waals surface area contributed by atoms with Crippen LogP contribution in [0.1, 0.15) is 30.0 Å². The fourth-order valence-electron chi connectivity index (χ4n) is 1.40. The maximum absolute atomic E-state index is 5.68. The predicted molar refractivity (Wildman–Crippen MR) is 60.2 cm³/mol. The van der Waals surface area contributed by atoms with Crippen molar-refractivity contribution >= 4 is 11.3 Å². The Labute approximate surface area is 85.0 Å². The van der Waals surface area contributed by atoms with Crippen LogP contribution in [0.3, 0.4) is 0 Å². The minimum Gasteiger partial charge on any atom is -0.330 e. The van der Waals surface area contributed by atoms with Gasteiger partial charge in [-0.25, -0.2) is 0 Å². The van der Waals surface area contributed by atoms with Crippen LogP contribution in [0.15, 0.2) is 12.1 Å². The molecule has 13 heavy (non-hydrogen) atoms. The third-order valence-corrected chi connectivity index (χ3v) is 3.72. The highest BCUT2D eigenvalue weighted by atomic mass is 32.1. The highest BCUT2D eigenvalue weighted by Crippen LogP contribution is 2.20. The van der Waals surface area contributed by atoms with E-state index in [0.29, 0.717) is 5.92 Å². The number of hydrogen-bond acceptors (Lipinski definition) is 2. The predicted octanol–water partition coefficient (Wildman–Crippen LogP) is 2.84. The van der Waals surface area contributed by atoms with Gasteiger partial charge in [0.05, 0.1) is 0 Å². The lowest BCUT2D eigenvalue weighted by molar-refractivity contribution is 0.522. The zero-order valence-corrected chi connectivity index (χ0v) is 9.36. The largest absolute Gasteiger partial charge is 0.330 e. The van der Waals surface area contributed by atoms with Gasteiger partial charge in [-0.15, -0.1) is 11.3 Å². The van der Waals surface area contributed by atoms with Gasteiger partial charge in [0.2, 0.25) is 0 Å². The van der Waals surface area contributed by atoms with E-state index >= 15 is 0 Å².